The zero-order valence-corrected chi connectivity index (χ0v) is 13.6. The van der Waals surface area contributed by atoms with Crippen molar-refractivity contribution in [2.45, 2.75) is 24.2 Å². The molecule has 22 heavy (non-hydrogen) atoms. The predicted octanol–water partition coefficient (Wildman–Crippen LogP) is 3.01. The van der Waals surface area contributed by atoms with Crippen LogP contribution >= 0.6 is 0 Å². The molecule has 0 unspecified atom stereocenters. The lowest BCUT2D eigenvalue weighted by Crippen LogP contribution is -2.28. The second-order valence-corrected chi connectivity index (χ2v) is 7.85. The predicted molar refractivity (Wildman–Crippen MR) is 85.3 cm³/mol. The minimum Gasteiger partial charge on any atom is -0.368 e. The number of anilines is 1. The maximum atomic E-state index is 13.0. The van der Waals surface area contributed by atoms with Gasteiger partial charge in [-0.25, -0.2) is 17.8 Å². The molecule has 0 aliphatic heterocycles. The van der Waals surface area contributed by atoms with Crippen LogP contribution in [-0.4, -0.2) is 26.2 Å². The monoisotopic (exact) mass is 322 g/mol. The number of halogens is 1. The van der Waals surface area contributed by atoms with Gasteiger partial charge in [0.1, 0.15) is 16.5 Å². The molecule has 0 aliphatic carbocycles. The molecule has 2 rings (SSSR count). The van der Waals surface area contributed by atoms with Crippen molar-refractivity contribution in [1.82, 2.24) is 4.98 Å². The Morgan fingerprint density at radius 1 is 1.18 bits per heavy atom. The molecule has 6 heteroatoms. The molecule has 0 bridgehead atoms. The Labute approximate surface area is 130 Å². The van der Waals surface area contributed by atoms with Gasteiger partial charge >= 0.3 is 0 Å². The molecule has 0 atom stereocenters. The van der Waals surface area contributed by atoms with Crippen LogP contribution in [0.5, 0.6) is 0 Å². The van der Waals surface area contributed by atoms with Crippen LogP contribution in [0, 0.1) is 5.82 Å². The maximum Gasteiger partial charge on any atom is 0.179 e. The Bertz CT molecular complexity index is 756. The number of benzene rings is 1. The van der Waals surface area contributed by atoms with Crippen LogP contribution in [0.1, 0.15) is 19.4 Å². The number of nitrogens with zero attached hydrogens (tertiary/aromatic N) is 1. The molecule has 4 nitrogen and oxygen atoms in total. The van der Waals surface area contributed by atoms with Crippen LogP contribution in [-0.2, 0) is 15.3 Å². The van der Waals surface area contributed by atoms with Gasteiger partial charge in [0.15, 0.2) is 9.84 Å². The van der Waals surface area contributed by atoms with Gasteiger partial charge < -0.3 is 5.32 Å². The highest BCUT2D eigenvalue weighted by atomic mass is 32.2. The first-order valence-corrected chi connectivity index (χ1v) is 8.74. The third-order valence-corrected chi connectivity index (χ3v) is 4.62. The van der Waals surface area contributed by atoms with Crippen molar-refractivity contribution < 1.29 is 12.8 Å². The Balaban J connectivity index is 2.21. The molecular weight excluding hydrogens is 303 g/mol. The first-order chi connectivity index (χ1) is 10.2. The van der Waals surface area contributed by atoms with Crippen molar-refractivity contribution in [3.05, 3.63) is 54.0 Å². The molecule has 0 saturated carbocycles. The fraction of sp³-hybridized carbons (Fsp3) is 0.312. The smallest absolute Gasteiger partial charge is 0.179 e. The third kappa shape index (κ3) is 3.82. The van der Waals surface area contributed by atoms with Gasteiger partial charge in [-0.15, -0.1) is 0 Å². The summed E-state index contributed by atoms with van der Waals surface area (Å²) in [6.45, 7) is 4.46. The second kappa shape index (κ2) is 6.04. The van der Waals surface area contributed by atoms with E-state index in [1.807, 2.05) is 13.8 Å². The summed E-state index contributed by atoms with van der Waals surface area (Å²) in [7, 11) is -3.35. The summed E-state index contributed by atoms with van der Waals surface area (Å²) in [4.78, 5) is 4.28. The molecule has 1 N–H and O–H groups in total. The average Bonchev–Trinajstić information content (AvgIpc) is 2.45. The molecule has 1 aromatic carbocycles. The van der Waals surface area contributed by atoms with Gasteiger partial charge in [0.25, 0.3) is 0 Å². The number of aromatic nitrogens is 1. The van der Waals surface area contributed by atoms with E-state index in [4.69, 9.17) is 0 Å². The quantitative estimate of drug-likeness (QED) is 0.919. The van der Waals surface area contributed by atoms with Crippen LogP contribution in [0.3, 0.4) is 0 Å². The molecule has 0 saturated heterocycles. The summed E-state index contributed by atoms with van der Waals surface area (Å²) in [5.41, 5.74) is 0.651. The van der Waals surface area contributed by atoms with E-state index in [9.17, 15) is 12.8 Å². The minimum absolute atomic E-state index is 0.171. The van der Waals surface area contributed by atoms with Crippen molar-refractivity contribution >= 4 is 15.7 Å². The van der Waals surface area contributed by atoms with E-state index in [1.54, 1.807) is 24.4 Å². The largest absolute Gasteiger partial charge is 0.368 e. The summed E-state index contributed by atoms with van der Waals surface area (Å²) in [6.07, 6.45) is 2.70. The highest BCUT2D eigenvalue weighted by Crippen LogP contribution is 2.25. The number of pyridine rings is 1. The number of hydrogen-bond acceptors (Lipinski definition) is 4. The van der Waals surface area contributed by atoms with E-state index in [2.05, 4.69) is 10.3 Å². The first-order valence-electron chi connectivity index (χ1n) is 6.85. The fourth-order valence-corrected chi connectivity index (χ4v) is 2.93. The molecule has 0 spiro atoms. The molecule has 0 fully saturated rings. The van der Waals surface area contributed by atoms with Gasteiger partial charge in [0, 0.05) is 24.4 Å². The Morgan fingerprint density at radius 3 is 2.41 bits per heavy atom. The van der Waals surface area contributed by atoms with Gasteiger partial charge in [-0.05, 0) is 29.8 Å². The number of rotatable bonds is 5. The topological polar surface area (TPSA) is 59.1 Å². The molecular formula is C16H19FN2O2S. The van der Waals surface area contributed by atoms with Crippen LogP contribution in [0.25, 0.3) is 0 Å². The van der Waals surface area contributed by atoms with E-state index in [0.29, 0.717) is 12.4 Å². The van der Waals surface area contributed by atoms with E-state index in [-0.39, 0.29) is 16.1 Å². The molecule has 118 valence electrons. The SMILES string of the molecule is CC(C)(CNc1ncccc1S(C)(=O)=O)c1ccc(F)cc1. The van der Waals surface area contributed by atoms with E-state index < -0.39 is 9.84 Å². The summed E-state index contributed by atoms with van der Waals surface area (Å²) >= 11 is 0. The standard InChI is InChI=1S/C16H19FN2O2S/c1-16(2,12-6-8-13(17)9-7-12)11-19-15-14(22(3,20)21)5-4-10-18-15/h4-10H,11H2,1-3H3,(H,18,19). The zero-order valence-electron chi connectivity index (χ0n) is 12.8. The fourth-order valence-electron chi connectivity index (χ4n) is 2.13. The van der Waals surface area contributed by atoms with Gasteiger partial charge in [0.2, 0.25) is 0 Å². The molecule has 1 aromatic heterocycles. The number of hydrogen-bond donors (Lipinski definition) is 1. The molecule has 0 radical (unpaired) electrons. The summed E-state index contributed by atoms with van der Waals surface area (Å²) < 4.78 is 36.5. The van der Waals surface area contributed by atoms with E-state index in [1.165, 1.54) is 18.2 Å². The van der Waals surface area contributed by atoms with Crippen molar-refractivity contribution in [1.29, 1.82) is 0 Å². The van der Waals surface area contributed by atoms with Gasteiger partial charge in [-0.2, -0.15) is 0 Å². The van der Waals surface area contributed by atoms with E-state index >= 15 is 0 Å². The van der Waals surface area contributed by atoms with E-state index in [0.717, 1.165) is 11.8 Å². The first kappa shape index (κ1) is 16.4. The second-order valence-electron chi connectivity index (χ2n) is 5.87. The minimum atomic E-state index is -3.35. The maximum absolute atomic E-state index is 13.0. The number of nitrogens with one attached hydrogen (secondary N) is 1. The molecule has 0 amide bonds. The van der Waals surface area contributed by atoms with Gasteiger partial charge in [-0.1, -0.05) is 26.0 Å². The van der Waals surface area contributed by atoms with Crippen molar-refractivity contribution in [2.75, 3.05) is 18.1 Å². The summed E-state index contributed by atoms with van der Waals surface area (Å²) in [5.74, 6) is 0.0526. The van der Waals surface area contributed by atoms with Crippen molar-refractivity contribution in [3.63, 3.8) is 0 Å². The van der Waals surface area contributed by atoms with Crippen molar-refractivity contribution in [2.24, 2.45) is 0 Å². The average molecular weight is 322 g/mol. The van der Waals surface area contributed by atoms with Crippen LogP contribution in [0.4, 0.5) is 10.2 Å². The number of sulfone groups is 1. The normalized spacial score (nSPS) is 12.2. The molecule has 0 aliphatic rings. The van der Waals surface area contributed by atoms with Gasteiger partial charge in [-0.3, -0.25) is 0 Å². The van der Waals surface area contributed by atoms with Crippen LogP contribution in [0.2, 0.25) is 0 Å². The lowest BCUT2D eigenvalue weighted by molar-refractivity contribution is 0.551. The lowest BCUT2D eigenvalue weighted by Gasteiger charge is -2.26. The Kier molecular flexibility index (Phi) is 4.51. The summed E-state index contributed by atoms with van der Waals surface area (Å²) in [6, 6.07) is 9.40. The highest BCUT2D eigenvalue weighted by molar-refractivity contribution is 7.90. The van der Waals surface area contributed by atoms with Gasteiger partial charge in [0.05, 0.1) is 0 Å². The molecule has 2 aromatic rings. The van der Waals surface area contributed by atoms with Crippen molar-refractivity contribution in [3.8, 4) is 0 Å². The third-order valence-electron chi connectivity index (χ3n) is 3.49. The highest BCUT2D eigenvalue weighted by Gasteiger charge is 2.22. The summed E-state index contributed by atoms with van der Waals surface area (Å²) in [5, 5.41) is 3.09. The lowest BCUT2D eigenvalue weighted by atomic mass is 9.84. The molecule has 1 heterocycles. The Morgan fingerprint density at radius 2 is 1.82 bits per heavy atom. The Hall–Kier alpha value is -1.95. The van der Waals surface area contributed by atoms with Crippen LogP contribution in [0.15, 0.2) is 47.5 Å². The zero-order chi connectivity index (χ0) is 16.4. The van der Waals surface area contributed by atoms with Crippen LogP contribution < -0.4 is 5.32 Å².